The summed E-state index contributed by atoms with van der Waals surface area (Å²) in [6, 6.07) is 9.50. The van der Waals surface area contributed by atoms with Gasteiger partial charge in [-0.05, 0) is 37.8 Å². The van der Waals surface area contributed by atoms with Crippen molar-refractivity contribution in [3.63, 3.8) is 0 Å². The van der Waals surface area contributed by atoms with Gasteiger partial charge in [-0.15, -0.1) is 12.4 Å². The van der Waals surface area contributed by atoms with Gasteiger partial charge in [0.2, 0.25) is 5.91 Å². The average molecular weight is 367 g/mol. The van der Waals surface area contributed by atoms with Crippen LogP contribution in [0, 0.1) is 5.92 Å². The molecule has 2 fully saturated rings. The number of nitrogens with one attached hydrogen (secondary N) is 1. The molecular formula is C18H27ClN4O2. The summed E-state index contributed by atoms with van der Waals surface area (Å²) in [6.07, 6.45) is 3.47. The van der Waals surface area contributed by atoms with Gasteiger partial charge in [-0.2, -0.15) is 0 Å². The normalized spacial score (nSPS) is 21.4. The summed E-state index contributed by atoms with van der Waals surface area (Å²) in [5.74, 6) is 0.0914. The van der Waals surface area contributed by atoms with Gasteiger partial charge in [0.25, 0.3) is 0 Å². The Balaban J connectivity index is 0.00000225. The minimum Gasteiger partial charge on any atom is -0.342 e. The molecule has 1 aromatic rings. The molecule has 0 bridgehead atoms. The number of carbonyl (C=O) groups is 2. The molecule has 1 atom stereocenters. The van der Waals surface area contributed by atoms with E-state index in [-0.39, 0.29) is 36.3 Å². The Kier molecular flexibility index (Phi) is 7.08. The van der Waals surface area contributed by atoms with E-state index in [0.29, 0.717) is 13.1 Å². The molecule has 3 rings (SSSR count). The molecule has 1 aromatic carbocycles. The van der Waals surface area contributed by atoms with E-state index in [1.807, 2.05) is 35.2 Å². The number of nitrogens with zero attached hydrogens (tertiary/aromatic N) is 2. The van der Waals surface area contributed by atoms with Crippen molar-refractivity contribution < 1.29 is 9.59 Å². The highest BCUT2D eigenvalue weighted by molar-refractivity contribution is 5.90. The predicted octanol–water partition coefficient (Wildman–Crippen LogP) is 2.30. The maximum atomic E-state index is 12.7. The molecule has 0 radical (unpaired) electrons. The minimum absolute atomic E-state index is 0. The molecule has 7 heteroatoms. The van der Waals surface area contributed by atoms with Gasteiger partial charge < -0.3 is 20.9 Å². The third-order valence-corrected chi connectivity index (χ3v) is 4.93. The first-order valence-electron chi connectivity index (χ1n) is 8.79. The van der Waals surface area contributed by atoms with Crippen LogP contribution in [0.4, 0.5) is 10.5 Å². The van der Waals surface area contributed by atoms with Crippen molar-refractivity contribution in [1.29, 1.82) is 0 Å². The van der Waals surface area contributed by atoms with Crippen molar-refractivity contribution >= 4 is 30.0 Å². The van der Waals surface area contributed by atoms with Gasteiger partial charge in [-0.3, -0.25) is 4.79 Å². The number of anilines is 1. The van der Waals surface area contributed by atoms with Crippen molar-refractivity contribution in [2.24, 2.45) is 11.7 Å². The average Bonchev–Trinajstić information content (AvgIpc) is 2.63. The van der Waals surface area contributed by atoms with Crippen molar-refractivity contribution in [2.75, 3.05) is 31.5 Å². The van der Waals surface area contributed by atoms with Crippen LogP contribution in [0.5, 0.6) is 0 Å². The minimum atomic E-state index is -0.126. The first kappa shape index (κ1) is 19.5. The Hall–Kier alpha value is -1.79. The van der Waals surface area contributed by atoms with Gasteiger partial charge in [0.15, 0.2) is 0 Å². The fourth-order valence-corrected chi connectivity index (χ4v) is 3.47. The van der Waals surface area contributed by atoms with Crippen LogP contribution in [0.2, 0.25) is 0 Å². The Bertz CT molecular complexity index is 576. The molecule has 2 heterocycles. The van der Waals surface area contributed by atoms with Crippen LogP contribution in [0.25, 0.3) is 0 Å². The molecule has 3 N–H and O–H groups in total. The van der Waals surface area contributed by atoms with Gasteiger partial charge in [0, 0.05) is 37.9 Å². The first-order chi connectivity index (χ1) is 11.6. The molecular weight excluding hydrogens is 340 g/mol. The van der Waals surface area contributed by atoms with Crippen LogP contribution in [0.15, 0.2) is 30.3 Å². The number of para-hydroxylation sites is 1. The zero-order chi connectivity index (χ0) is 16.9. The van der Waals surface area contributed by atoms with Crippen molar-refractivity contribution in [2.45, 2.75) is 31.7 Å². The number of piperidine rings is 2. The maximum absolute atomic E-state index is 12.7. The number of benzene rings is 1. The first-order valence-corrected chi connectivity index (χ1v) is 8.79. The number of urea groups is 1. The monoisotopic (exact) mass is 366 g/mol. The molecule has 0 aromatic heterocycles. The van der Waals surface area contributed by atoms with E-state index in [2.05, 4.69) is 5.32 Å². The molecule has 138 valence electrons. The lowest BCUT2D eigenvalue weighted by atomic mass is 9.95. The highest BCUT2D eigenvalue weighted by Crippen LogP contribution is 2.21. The number of hydrogen-bond acceptors (Lipinski definition) is 3. The quantitative estimate of drug-likeness (QED) is 0.842. The van der Waals surface area contributed by atoms with Crippen LogP contribution in [-0.2, 0) is 4.79 Å². The van der Waals surface area contributed by atoms with Gasteiger partial charge in [0.05, 0.1) is 5.92 Å². The molecule has 0 spiro atoms. The predicted molar refractivity (Wildman–Crippen MR) is 101 cm³/mol. The largest absolute Gasteiger partial charge is 0.342 e. The number of carbonyl (C=O) groups excluding carboxylic acids is 2. The van der Waals surface area contributed by atoms with Crippen LogP contribution in [-0.4, -0.2) is 54.0 Å². The molecule has 25 heavy (non-hydrogen) atoms. The lowest BCUT2D eigenvalue weighted by Gasteiger charge is -2.37. The Morgan fingerprint density at radius 2 is 1.68 bits per heavy atom. The zero-order valence-corrected chi connectivity index (χ0v) is 15.2. The van der Waals surface area contributed by atoms with Crippen molar-refractivity contribution in [1.82, 2.24) is 9.80 Å². The molecule has 1 unspecified atom stereocenters. The summed E-state index contributed by atoms with van der Waals surface area (Å²) in [5, 5.41) is 2.90. The van der Waals surface area contributed by atoms with Gasteiger partial charge >= 0.3 is 6.03 Å². The number of hydrogen-bond donors (Lipinski definition) is 2. The second-order valence-electron chi connectivity index (χ2n) is 6.74. The molecule has 6 nitrogen and oxygen atoms in total. The Morgan fingerprint density at radius 3 is 2.36 bits per heavy atom. The summed E-state index contributed by atoms with van der Waals surface area (Å²) in [5.41, 5.74) is 6.69. The third kappa shape index (κ3) is 5.09. The number of likely N-dealkylation sites (tertiary alicyclic amines) is 2. The second kappa shape index (κ2) is 9.06. The van der Waals surface area contributed by atoms with Crippen LogP contribution >= 0.6 is 12.4 Å². The standard InChI is InChI=1S/C18H26N4O2.ClH/c19-15-8-11-21(12-9-15)17(23)14-5-4-10-22(13-14)18(24)20-16-6-2-1-3-7-16;/h1-3,6-7,14-15H,4-5,8-13,19H2,(H,20,24);1H. The van der Waals surface area contributed by atoms with Gasteiger partial charge in [-0.1, -0.05) is 18.2 Å². The van der Waals surface area contributed by atoms with Gasteiger partial charge in [0.1, 0.15) is 0 Å². The van der Waals surface area contributed by atoms with Gasteiger partial charge in [-0.25, -0.2) is 4.79 Å². The van der Waals surface area contributed by atoms with E-state index >= 15 is 0 Å². The van der Waals surface area contributed by atoms with E-state index in [1.54, 1.807) is 4.90 Å². The summed E-state index contributed by atoms with van der Waals surface area (Å²) >= 11 is 0. The summed E-state index contributed by atoms with van der Waals surface area (Å²) in [6.45, 7) is 2.69. The fraction of sp³-hybridized carbons (Fsp3) is 0.556. The molecule has 2 saturated heterocycles. The summed E-state index contributed by atoms with van der Waals surface area (Å²) in [7, 11) is 0. The lowest BCUT2D eigenvalue weighted by molar-refractivity contribution is -0.137. The van der Waals surface area contributed by atoms with Crippen molar-refractivity contribution in [3.05, 3.63) is 30.3 Å². The second-order valence-corrected chi connectivity index (χ2v) is 6.74. The third-order valence-electron chi connectivity index (χ3n) is 4.93. The van der Waals surface area contributed by atoms with Crippen LogP contribution in [0.3, 0.4) is 0 Å². The SMILES string of the molecule is Cl.NC1CCN(C(=O)C2CCCN(C(=O)Nc3ccccc3)C2)CC1. The molecule has 0 aliphatic carbocycles. The lowest BCUT2D eigenvalue weighted by Crippen LogP contribution is -2.50. The summed E-state index contributed by atoms with van der Waals surface area (Å²) in [4.78, 5) is 28.8. The van der Waals surface area contributed by atoms with Crippen LogP contribution < -0.4 is 11.1 Å². The number of halogens is 1. The zero-order valence-electron chi connectivity index (χ0n) is 14.4. The highest BCUT2D eigenvalue weighted by Gasteiger charge is 2.32. The van der Waals surface area contributed by atoms with Crippen LogP contribution in [0.1, 0.15) is 25.7 Å². The van der Waals surface area contributed by atoms with E-state index in [4.69, 9.17) is 5.73 Å². The fourth-order valence-electron chi connectivity index (χ4n) is 3.47. The number of nitrogens with two attached hydrogens (primary N) is 1. The molecule has 3 amide bonds. The molecule has 0 saturated carbocycles. The molecule has 2 aliphatic rings. The maximum Gasteiger partial charge on any atom is 0.321 e. The topological polar surface area (TPSA) is 78.7 Å². The number of amides is 3. The van der Waals surface area contributed by atoms with E-state index in [0.717, 1.165) is 44.5 Å². The van der Waals surface area contributed by atoms with Crippen molar-refractivity contribution in [3.8, 4) is 0 Å². The molecule has 2 aliphatic heterocycles. The smallest absolute Gasteiger partial charge is 0.321 e. The van der Waals surface area contributed by atoms with E-state index < -0.39 is 0 Å². The summed E-state index contributed by atoms with van der Waals surface area (Å²) < 4.78 is 0. The number of rotatable bonds is 2. The Morgan fingerprint density at radius 1 is 1.00 bits per heavy atom. The Labute approximate surface area is 155 Å². The van der Waals surface area contributed by atoms with E-state index in [1.165, 1.54) is 0 Å². The van der Waals surface area contributed by atoms with E-state index in [9.17, 15) is 9.59 Å². The highest BCUT2D eigenvalue weighted by atomic mass is 35.5.